The van der Waals surface area contributed by atoms with Crippen molar-refractivity contribution in [3.63, 3.8) is 0 Å². The van der Waals surface area contributed by atoms with Crippen molar-refractivity contribution in [2.45, 2.75) is 31.7 Å². The van der Waals surface area contributed by atoms with Crippen LogP contribution in [0.15, 0.2) is 52.1 Å². The van der Waals surface area contributed by atoms with Crippen molar-refractivity contribution in [3.8, 4) is 0 Å². The molecule has 1 saturated carbocycles. The summed E-state index contributed by atoms with van der Waals surface area (Å²) < 4.78 is 0. The molecule has 1 aliphatic carbocycles. The van der Waals surface area contributed by atoms with Gasteiger partial charge in [-0.25, -0.2) is 4.99 Å². The summed E-state index contributed by atoms with van der Waals surface area (Å²) in [7, 11) is 3.40. The molecule has 3 rings (SSSR count). The molecular formula is C24H29N5O3. The number of rotatable bonds is 9. The Hall–Kier alpha value is -3.55. The SMILES string of the molecule is C=C(/C=N\C=N/C)c1ccc(NC(=O)CN2CCCC(C=O)=C2C(=O)N(C)C2CC2)cc1. The molecule has 8 nitrogen and oxygen atoms in total. The van der Waals surface area contributed by atoms with Crippen LogP contribution in [0.1, 0.15) is 31.2 Å². The molecule has 168 valence electrons. The molecule has 1 fully saturated rings. The molecule has 0 radical (unpaired) electrons. The Balaban J connectivity index is 1.65. The second kappa shape index (κ2) is 10.7. The van der Waals surface area contributed by atoms with Gasteiger partial charge in [0.05, 0.1) is 6.54 Å². The van der Waals surface area contributed by atoms with Crippen LogP contribution in [-0.2, 0) is 14.4 Å². The molecule has 2 aliphatic rings. The van der Waals surface area contributed by atoms with Crippen LogP contribution in [0.2, 0.25) is 0 Å². The number of nitrogens with one attached hydrogen (secondary N) is 1. The molecule has 2 amide bonds. The Bertz CT molecular complexity index is 974. The summed E-state index contributed by atoms with van der Waals surface area (Å²) >= 11 is 0. The first-order valence-corrected chi connectivity index (χ1v) is 10.7. The van der Waals surface area contributed by atoms with Gasteiger partial charge >= 0.3 is 0 Å². The number of likely N-dealkylation sites (N-methyl/N-ethyl adjacent to an activating group) is 1. The van der Waals surface area contributed by atoms with Crippen LogP contribution >= 0.6 is 0 Å². The normalized spacial score (nSPS) is 16.5. The molecule has 1 heterocycles. The fraction of sp³-hybridized carbons (Fsp3) is 0.375. The highest BCUT2D eigenvalue weighted by Gasteiger charge is 2.35. The van der Waals surface area contributed by atoms with Gasteiger partial charge in [0, 0.05) is 44.2 Å². The van der Waals surface area contributed by atoms with E-state index in [2.05, 4.69) is 21.9 Å². The minimum atomic E-state index is -0.246. The van der Waals surface area contributed by atoms with E-state index in [1.54, 1.807) is 42.2 Å². The summed E-state index contributed by atoms with van der Waals surface area (Å²) in [6.45, 7) is 4.53. The predicted molar refractivity (Wildman–Crippen MR) is 127 cm³/mol. The standard InChI is InChI=1S/C24H29N5O3/c1-17(13-26-16-25-2)18-6-8-20(9-7-18)27-22(31)14-29-12-4-5-19(15-30)23(29)24(32)28(3)21-10-11-21/h6-9,13,15-16,21H,1,4-5,10-12,14H2,2-3H3,(H,27,31)/b25-16-,26-13-. The van der Waals surface area contributed by atoms with E-state index in [4.69, 9.17) is 0 Å². The number of benzene rings is 1. The lowest BCUT2D eigenvalue weighted by atomic mass is 10.0. The molecule has 0 spiro atoms. The Morgan fingerprint density at radius 2 is 2.00 bits per heavy atom. The lowest BCUT2D eigenvalue weighted by molar-refractivity contribution is -0.129. The van der Waals surface area contributed by atoms with Crippen molar-refractivity contribution in [1.29, 1.82) is 0 Å². The van der Waals surface area contributed by atoms with E-state index in [9.17, 15) is 14.4 Å². The van der Waals surface area contributed by atoms with Crippen LogP contribution in [0.5, 0.6) is 0 Å². The van der Waals surface area contributed by atoms with Gasteiger partial charge in [-0.3, -0.25) is 19.4 Å². The first kappa shape index (κ1) is 23.1. The van der Waals surface area contributed by atoms with E-state index in [0.717, 1.165) is 36.7 Å². The molecule has 0 aromatic heterocycles. The fourth-order valence-corrected chi connectivity index (χ4v) is 3.64. The number of carbonyl (C=O) groups excluding carboxylic acids is 3. The van der Waals surface area contributed by atoms with Crippen molar-refractivity contribution in [2.24, 2.45) is 9.98 Å². The highest BCUT2D eigenvalue weighted by Crippen LogP contribution is 2.29. The number of anilines is 1. The zero-order chi connectivity index (χ0) is 23.1. The van der Waals surface area contributed by atoms with Crippen molar-refractivity contribution >= 4 is 41.9 Å². The quantitative estimate of drug-likeness (QED) is 0.366. The number of aliphatic imine (C=N–C) groups is 2. The third kappa shape index (κ3) is 5.78. The monoisotopic (exact) mass is 435 g/mol. The van der Waals surface area contributed by atoms with E-state index < -0.39 is 0 Å². The molecule has 0 atom stereocenters. The summed E-state index contributed by atoms with van der Waals surface area (Å²) in [5.74, 6) is -0.427. The van der Waals surface area contributed by atoms with E-state index >= 15 is 0 Å². The average molecular weight is 436 g/mol. The van der Waals surface area contributed by atoms with Crippen molar-refractivity contribution in [2.75, 3.05) is 32.5 Å². The second-order valence-corrected chi connectivity index (χ2v) is 7.97. The average Bonchev–Trinajstić information content (AvgIpc) is 3.64. The minimum Gasteiger partial charge on any atom is -0.357 e. The maximum atomic E-state index is 13.0. The van der Waals surface area contributed by atoms with E-state index in [-0.39, 0.29) is 24.4 Å². The summed E-state index contributed by atoms with van der Waals surface area (Å²) in [5.41, 5.74) is 3.07. The molecule has 0 bridgehead atoms. The Kier molecular flexibility index (Phi) is 7.70. The van der Waals surface area contributed by atoms with Crippen molar-refractivity contribution in [3.05, 3.63) is 47.7 Å². The van der Waals surface area contributed by atoms with Gasteiger partial charge in [0.2, 0.25) is 5.91 Å². The van der Waals surface area contributed by atoms with Gasteiger partial charge in [-0.05, 0) is 49.0 Å². The number of aldehydes is 1. The number of hydrogen-bond acceptors (Lipinski definition) is 5. The smallest absolute Gasteiger partial charge is 0.270 e. The number of amides is 2. The topological polar surface area (TPSA) is 94.4 Å². The number of carbonyl (C=O) groups is 3. The Morgan fingerprint density at radius 3 is 2.62 bits per heavy atom. The van der Waals surface area contributed by atoms with Gasteiger partial charge in [-0.1, -0.05) is 18.7 Å². The summed E-state index contributed by atoms with van der Waals surface area (Å²) in [4.78, 5) is 48.5. The van der Waals surface area contributed by atoms with Gasteiger partial charge in [-0.2, -0.15) is 0 Å². The Morgan fingerprint density at radius 1 is 1.28 bits per heavy atom. The molecule has 1 aromatic rings. The van der Waals surface area contributed by atoms with E-state index in [0.29, 0.717) is 29.9 Å². The van der Waals surface area contributed by atoms with Crippen molar-refractivity contribution in [1.82, 2.24) is 9.80 Å². The second-order valence-electron chi connectivity index (χ2n) is 7.97. The highest BCUT2D eigenvalue weighted by molar-refractivity contribution is 6.10. The summed E-state index contributed by atoms with van der Waals surface area (Å²) in [6, 6.07) is 7.50. The zero-order valence-electron chi connectivity index (χ0n) is 18.6. The fourth-order valence-electron chi connectivity index (χ4n) is 3.64. The van der Waals surface area contributed by atoms with E-state index in [1.807, 2.05) is 12.1 Å². The predicted octanol–water partition coefficient (Wildman–Crippen LogP) is 2.54. The summed E-state index contributed by atoms with van der Waals surface area (Å²) in [5, 5.41) is 2.86. The zero-order valence-corrected chi connectivity index (χ0v) is 18.6. The third-order valence-electron chi connectivity index (χ3n) is 5.54. The third-order valence-corrected chi connectivity index (χ3v) is 5.54. The van der Waals surface area contributed by atoms with Crippen LogP contribution in [-0.4, -0.2) is 73.7 Å². The van der Waals surface area contributed by atoms with E-state index in [1.165, 1.54) is 6.34 Å². The lowest BCUT2D eigenvalue weighted by Gasteiger charge is -2.33. The largest absolute Gasteiger partial charge is 0.357 e. The number of hydrogen-bond donors (Lipinski definition) is 1. The van der Waals surface area contributed by atoms with Gasteiger partial charge < -0.3 is 15.1 Å². The molecule has 32 heavy (non-hydrogen) atoms. The van der Waals surface area contributed by atoms with Gasteiger partial charge in [0.15, 0.2) is 0 Å². The first-order chi connectivity index (χ1) is 15.4. The van der Waals surface area contributed by atoms with Gasteiger partial charge in [0.1, 0.15) is 18.3 Å². The Labute approximate surface area is 188 Å². The number of nitrogens with zero attached hydrogens (tertiary/aromatic N) is 4. The van der Waals surface area contributed by atoms with Crippen LogP contribution in [0.4, 0.5) is 5.69 Å². The number of allylic oxidation sites excluding steroid dienone is 2. The molecular weight excluding hydrogens is 406 g/mol. The van der Waals surface area contributed by atoms with Gasteiger partial charge in [-0.15, -0.1) is 0 Å². The molecule has 0 unspecified atom stereocenters. The molecule has 1 N–H and O–H groups in total. The van der Waals surface area contributed by atoms with Crippen LogP contribution in [0.3, 0.4) is 0 Å². The van der Waals surface area contributed by atoms with Crippen LogP contribution < -0.4 is 5.32 Å². The molecule has 1 aromatic carbocycles. The molecule has 8 heteroatoms. The maximum Gasteiger partial charge on any atom is 0.270 e. The molecule has 0 saturated heterocycles. The van der Waals surface area contributed by atoms with Crippen LogP contribution in [0.25, 0.3) is 5.57 Å². The molecule has 1 aliphatic heterocycles. The van der Waals surface area contributed by atoms with Crippen LogP contribution in [0, 0.1) is 0 Å². The summed E-state index contributed by atoms with van der Waals surface area (Å²) in [6.07, 6.45) is 7.04. The minimum absolute atomic E-state index is 0.00832. The highest BCUT2D eigenvalue weighted by atomic mass is 16.2. The van der Waals surface area contributed by atoms with Crippen molar-refractivity contribution < 1.29 is 14.4 Å². The maximum absolute atomic E-state index is 13.0. The first-order valence-electron chi connectivity index (χ1n) is 10.7. The lowest BCUT2D eigenvalue weighted by Crippen LogP contribution is -2.43. The van der Waals surface area contributed by atoms with Gasteiger partial charge in [0.25, 0.3) is 5.91 Å².